The molecule has 0 aliphatic heterocycles. The smallest absolute Gasteiger partial charge is 0.423 e. The van der Waals surface area contributed by atoms with Crippen molar-refractivity contribution in [2.24, 2.45) is 0 Å². The van der Waals surface area contributed by atoms with Crippen LogP contribution in [-0.2, 0) is 17.4 Å². The van der Waals surface area contributed by atoms with Crippen molar-refractivity contribution in [2.75, 3.05) is 0 Å². The van der Waals surface area contributed by atoms with Gasteiger partial charge in [0.25, 0.3) is 5.69 Å². The van der Waals surface area contributed by atoms with E-state index >= 15 is 0 Å². The molecular formula is C9H5BrF3NO4. The minimum absolute atomic E-state index is 0.0513. The van der Waals surface area contributed by atoms with Crippen LogP contribution in [0.3, 0.4) is 0 Å². The highest BCUT2D eigenvalue weighted by molar-refractivity contribution is 9.10. The Morgan fingerprint density at radius 3 is 2.39 bits per heavy atom. The third-order valence-electron chi connectivity index (χ3n) is 2.04. The molecular weight excluding hydrogens is 323 g/mol. The van der Waals surface area contributed by atoms with Crippen LogP contribution < -0.4 is 0 Å². The van der Waals surface area contributed by atoms with Gasteiger partial charge in [0.1, 0.15) is 5.56 Å². The summed E-state index contributed by atoms with van der Waals surface area (Å²) in [6.07, 6.45) is -5.79. The number of hydrogen-bond donors (Lipinski definition) is 1. The number of carboxylic acids is 1. The molecule has 18 heavy (non-hydrogen) atoms. The quantitative estimate of drug-likeness (QED) is 0.683. The van der Waals surface area contributed by atoms with Crippen LogP contribution in [0, 0.1) is 10.1 Å². The van der Waals surface area contributed by atoms with Crippen molar-refractivity contribution in [2.45, 2.75) is 12.6 Å². The average Bonchev–Trinajstić information content (AvgIpc) is 2.17. The van der Waals surface area contributed by atoms with Crippen LogP contribution in [-0.4, -0.2) is 16.0 Å². The monoisotopic (exact) mass is 327 g/mol. The van der Waals surface area contributed by atoms with Crippen molar-refractivity contribution in [1.82, 2.24) is 0 Å². The number of nitrogens with zero attached hydrogens (tertiary/aromatic N) is 1. The molecule has 0 bridgehead atoms. The lowest BCUT2D eigenvalue weighted by Crippen LogP contribution is -2.13. The van der Waals surface area contributed by atoms with E-state index in [1.54, 1.807) is 0 Å². The average molecular weight is 328 g/mol. The Morgan fingerprint density at radius 1 is 1.44 bits per heavy atom. The van der Waals surface area contributed by atoms with Crippen molar-refractivity contribution in [3.05, 3.63) is 37.8 Å². The van der Waals surface area contributed by atoms with Gasteiger partial charge in [-0.25, -0.2) is 0 Å². The lowest BCUT2D eigenvalue weighted by Gasteiger charge is -2.11. The highest BCUT2D eigenvalue weighted by Gasteiger charge is 2.40. The van der Waals surface area contributed by atoms with Gasteiger partial charge < -0.3 is 5.11 Å². The third kappa shape index (κ3) is 2.97. The van der Waals surface area contributed by atoms with E-state index in [0.717, 1.165) is 6.07 Å². The first kappa shape index (κ1) is 14.4. The number of hydrogen-bond acceptors (Lipinski definition) is 3. The van der Waals surface area contributed by atoms with Gasteiger partial charge in [-0.3, -0.25) is 14.9 Å². The first-order valence-electron chi connectivity index (χ1n) is 4.39. The van der Waals surface area contributed by atoms with Crippen molar-refractivity contribution in [3.8, 4) is 0 Å². The summed E-state index contributed by atoms with van der Waals surface area (Å²) in [6.45, 7) is 0. The zero-order chi connectivity index (χ0) is 14.1. The second kappa shape index (κ2) is 4.92. The van der Waals surface area contributed by atoms with Crippen molar-refractivity contribution >= 4 is 27.6 Å². The third-order valence-corrected chi connectivity index (χ3v) is 2.78. The predicted molar refractivity (Wildman–Crippen MR) is 57.1 cm³/mol. The number of nitro benzene ring substituents is 1. The Hall–Kier alpha value is -1.64. The minimum Gasteiger partial charge on any atom is -0.481 e. The zero-order valence-corrected chi connectivity index (χ0v) is 10.1. The summed E-state index contributed by atoms with van der Waals surface area (Å²) >= 11 is 2.81. The summed E-state index contributed by atoms with van der Waals surface area (Å²) in [6, 6.07) is 1.47. The second-order valence-electron chi connectivity index (χ2n) is 3.25. The van der Waals surface area contributed by atoms with Crippen molar-refractivity contribution < 1.29 is 28.0 Å². The first-order valence-corrected chi connectivity index (χ1v) is 5.18. The van der Waals surface area contributed by atoms with Gasteiger partial charge in [-0.15, -0.1) is 0 Å². The first-order chi connectivity index (χ1) is 8.14. The highest BCUT2D eigenvalue weighted by atomic mass is 79.9. The molecule has 0 atom stereocenters. The maximum absolute atomic E-state index is 12.6. The molecule has 0 aromatic heterocycles. The van der Waals surface area contributed by atoms with Gasteiger partial charge in [0.05, 0.1) is 16.9 Å². The topological polar surface area (TPSA) is 80.4 Å². The Bertz CT molecular complexity index is 515. The van der Waals surface area contributed by atoms with Gasteiger partial charge in [-0.05, 0) is 12.1 Å². The molecule has 0 radical (unpaired) electrons. The van der Waals surface area contributed by atoms with E-state index in [0.29, 0.717) is 6.07 Å². The highest BCUT2D eigenvalue weighted by Crippen LogP contribution is 2.40. The summed E-state index contributed by atoms with van der Waals surface area (Å²) in [4.78, 5) is 20.0. The van der Waals surface area contributed by atoms with Gasteiger partial charge in [-0.1, -0.05) is 15.9 Å². The van der Waals surface area contributed by atoms with Crippen LogP contribution in [0.4, 0.5) is 18.9 Å². The van der Waals surface area contributed by atoms with Crippen LogP contribution in [0.5, 0.6) is 0 Å². The molecule has 0 saturated heterocycles. The number of nitro groups is 1. The van der Waals surface area contributed by atoms with Crippen molar-refractivity contribution in [3.63, 3.8) is 0 Å². The van der Waals surface area contributed by atoms with Crippen LogP contribution >= 0.6 is 15.9 Å². The standard InChI is InChI=1S/C9H5BrF3NO4/c10-6-2-1-5(9(11,12)13)8(14(17)18)4(6)3-7(15)16/h1-2H,3H2,(H,15,16). The Labute approximate surface area is 106 Å². The SMILES string of the molecule is O=C(O)Cc1c(Br)ccc(C(F)(F)F)c1[N+](=O)[O-]. The molecule has 5 nitrogen and oxygen atoms in total. The fraction of sp³-hybridized carbons (Fsp3) is 0.222. The molecule has 1 aromatic carbocycles. The number of benzene rings is 1. The summed E-state index contributed by atoms with van der Waals surface area (Å²) in [5, 5.41) is 19.3. The Morgan fingerprint density at radius 2 is 2.00 bits per heavy atom. The fourth-order valence-corrected chi connectivity index (χ4v) is 1.83. The van der Waals surface area contributed by atoms with Crippen LogP contribution in [0.25, 0.3) is 0 Å². The molecule has 0 aliphatic carbocycles. The summed E-state index contributed by atoms with van der Waals surface area (Å²) in [5.41, 5.74) is -3.21. The summed E-state index contributed by atoms with van der Waals surface area (Å²) in [5.74, 6) is -1.46. The maximum Gasteiger partial charge on any atom is 0.423 e. The van der Waals surface area contributed by atoms with E-state index < -0.39 is 40.3 Å². The summed E-state index contributed by atoms with van der Waals surface area (Å²) in [7, 11) is 0. The molecule has 0 amide bonds. The number of alkyl halides is 3. The minimum atomic E-state index is -4.92. The molecule has 98 valence electrons. The molecule has 0 heterocycles. The zero-order valence-electron chi connectivity index (χ0n) is 8.49. The number of rotatable bonds is 3. The molecule has 0 unspecified atom stereocenters. The predicted octanol–water partition coefficient (Wildman–Crippen LogP) is 3.00. The van der Waals surface area contributed by atoms with Crippen LogP contribution in [0.2, 0.25) is 0 Å². The fourth-order valence-electron chi connectivity index (χ4n) is 1.37. The van der Waals surface area contributed by atoms with E-state index in [1.165, 1.54) is 0 Å². The Balaban J connectivity index is 3.58. The van der Waals surface area contributed by atoms with E-state index in [2.05, 4.69) is 15.9 Å². The van der Waals surface area contributed by atoms with Gasteiger partial charge in [-0.2, -0.15) is 13.2 Å². The molecule has 0 spiro atoms. The number of carboxylic acid groups (broad SMARTS) is 1. The number of carbonyl (C=O) groups is 1. The van der Waals surface area contributed by atoms with Gasteiger partial charge in [0.2, 0.25) is 0 Å². The lowest BCUT2D eigenvalue weighted by molar-refractivity contribution is -0.388. The van der Waals surface area contributed by atoms with Crippen molar-refractivity contribution in [1.29, 1.82) is 0 Å². The number of halogens is 4. The van der Waals surface area contributed by atoms with Crippen LogP contribution in [0.1, 0.15) is 11.1 Å². The van der Waals surface area contributed by atoms with Gasteiger partial charge in [0.15, 0.2) is 0 Å². The molecule has 9 heteroatoms. The lowest BCUT2D eigenvalue weighted by atomic mass is 10.0. The molecule has 1 N–H and O–H groups in total. The molecule has 1 aromatic rings. The van der Waals surface area contributed by atoms with Gasteiger partial charge in [0, 0.05) is 4.47 Å². The number of aliphatic carboxylic acids is 1. The Kier molecular flexibility index (Phi) is 3.95. The largest absolute Gasteiger partial charge is 0.481 e. The normalized spacial score (nSPS) is 11.3. The second-order valence-corrected chi connectivity index (χ2v) is 4.10. The molecule has 0 aliphatic rings. The molecule has 0 fully saturated rings. The van der Waals surface area contributed by atoms with Crippen LogP contribution in [0.15, 0.2) is 16.6 Å². The molecule has 0 saturated carbocycles. The summed E-state index contributed by atoms with van der Waals surface area (Å²) < 4.78 is 37.7. The van der Waals surface area contributed by atoms with E-state index in [-0.39, 0.29) is 4.47 Å². The van der Waals surface area contributed by atoms with E-state index in [4.69, 9.17) is 5.11 Å². The molecule has 1 rings (SSSR count). The van der Waals surface area contributed by atoms with Gasteiger partial charge >= 0.3 is 12.1 Å². The van der Waals surface area contributed by atoms with E-state index in [9.17, 15) is 28.1 Å². The maximum atomic E-state index is 12.6. The van der Waals surface area contributed by atoms with E-state index in [1.807, 2.05) is 0 Å².